The van der Waals surface area contributed by atoms with Gasteiger partial charge in [0.15, 0.2) is 6.19 Å². The van der Waals surface area contributed by atoms with Crippen LogP contribution in [0.5, 0.6) is 0 Å². The van der Waals surface area contributed by atoms with Gasteiger partial charge in [-0.2, -0.15) is 5.26 Å². The Labute approximate surface area is 66.4 Å². The van der Waals surface area contributed by atoms with E-state index in [9.17, 15) is 4.79 Å². The normalized spacial score (nSPS) is 10.1. The second kappa shape index (κ2) is 3.24. The molecule has 0 saturated carbocycles. The van der Waals surface area contributed by atoms with E-state index >= 15 is 0 Å². The first kappa shape index (κ1) is 9.76. The molecule has 0 aromatic rings. The number of nitriles is 1. The molecule has 0 atom stereocenters. The van der Waals surface area contributed by atoms with Crippen LogP contribution in [-0.2, 0) is 4.74 Å². The van der Waals surface area contributed by atoms with Crippen molar-refractivity contribution < 1.29 is 9.53 Å². The van der Waals surface area contributed by atoms with E-state index in [1.165, 1.54) is 7.05 Å². The van der Waals surface area contributed by atoms with Crippen LogP contribution in [-0.4, -0.2) is 23.6 Å². The van der Waals surface area contributed by atoms with Crippen molar-refractivity contribution in [3.8, 4) is 6.19 Å². The number of ether oxygens (including phenoxy) is 1. The molecule has 0 bridgehead atoms. The molecule has 0 radical (unpaired) electrons. The number of carbonyl (C=O) groups is 1. The maximum Gasteiger partial charge on any atom is 0.423 e. The van der Waals surface area contributed by atoms with Crippen LogP contribution in [0.25, 0.3) is 0 Å². The molecule has 0 unspecified atom stereocenters. The Morgan fingerprint density at radius 1 is 1.55 bits per heavy atom. The van der Waals surface area contributed by atoms with Crippen molar-refractivity contribution in [1.82, 2.24) is 4.90 Å². The molecule has 0 aliphatic carbocycles. The summed E-state index contributed by atoms with van der Waals surface area (Å²) in [5, 5.41) is 8.28. The minimum Gasteiger partial charge on any atom is -0.443 e. The first-order valence-electron chi connectivity index (χ1n) is 3.23. The molecular formula is C7H12N2O2. The van der Waals surface area contributed by atoms with Crippen LogP contribution in [0.2, 0.25) is 0 Å². The van der Waals surface area contributed by atoms with E-state index in [1.54, 1.807) is 27.0 Å². The fourth-order valence-electron chi connectivity index (χ4n) is 0.371. The summed E-state index contributed by atoms with van der Waals surface area (Å²) in [6.07, 6.45) is 1.02. The zero-order valence-corrected chi connectivity index (χ0v) is 7.21. The summed E-state index contributed by atoms with van der Waals surface area (Å²) in [7, 11) is 1.36. The molecule has 62 valence electrons. The van der Waals surface area contributed by atoms with Gasteiger partial charge in [0.2, 0.25) is 0 Å². The summed E-state index contributed by atoms with van der Waals surface area (Å²) in [6.45, 7) is 5.24. The molecule has 0 aromatic carbocycles. The molecule has 0 spiro atoms. The third kappa shape index (κ3) is 4.20. The van der Waals surface area contributed by atoms with Crippen LogP contribution in [0.1, 0.15) is 20.8 Å². The Morgan fingerprint density at radius 3 is 2.27 bits per heavy atom. The van der Waals surface area contributed by atoms with E-state index in [-0.39, 0.29) is 0 Å². The summed E-state index contributed by atoms with van der Waals surface area (Å²) in [6, 6.07) is 0. The average Bonchev–Trinajstić information content (AvgIpc) is 1.82. The maximum atomic E-state index is 10.9. The van der Waals surface area contributed by atoms with Gasteiger partial charge in [0.1, 0.15) is 5.60 Å². The highest BCUT2D eigenvalue weighted by Crippen LogP contribution is 2.08. The summed E-state index contributed by atoms with van der Waals surface area (Å²) in [5.41, 5.74) is -0.539. The number of hydrogen-bond acceptors (Lipinski definition) is 3. The lowest BCUT2D eigenvalue weighted by Crippen LogP contribution is -2.31. The molecule has 0 aromatic heterocycles. The number of hydrogen-bond donors (Lipinski definition) is 0. The van der Waals surface area contributed by atoms with E-state index in [0.717, 1.165) is 4.90 Å². The number of amides is 1. The minimum absolute atomic E-state index is 0.539. The van der Waals surface area contributed by atoms with Gasteiger partial charge in [-0.15, -0.1) is 0 Å². The Kier molecular flexibility index (Phi) is 2.87. The molecule has 1 amide bonds. The van der Waals surface area contributed by atoms with Crippen molar-refractivity contribution in [1.29, 1.82) is 5.26 Å². The summed E-state index contributed by atoms with van der Waals surface area (Å²) >= 11 is 0. The van der Waals surface area contributed by atoms with Crippen LogP contribution in [0.15, 0.2) is 0 Å². The van der Waals surface area contributed by atoms with E-state index in [4.69, 9.17) is 10.00 Å². The Balaban J connectivity index is 4.01. The predicted octanol–water partition coefficient (Wildman–Crippen LogP) is 1.33. The summed E-state index contributed by atoms with van der Waals surface area (Å²) < 4.78 is 4.85. The zero-order valence-electron chi connectivity index (χ0n) is 7.21. The van der Waals surface area contributed by atoms with E-state index in [1.807, 2.05) is 0 Å². The van der Waals surface area contributed by atoms with Gasteiger partial charge >= 0.3 is 6.09 Å². The summed E-state index contributed by atoms with van der Waals surface area (Å²) in [4.78, 5) is 11.7. The quantitative estimate of drug-likeness (QED) is 0.392. The van der Waals surface area contributed by atoms with Gasteiger partial charge in [-0.05, 0) is 20.8 Å². The molecule has 0 aliphatic heterocycles. The number of rotatable bonds is 0. The molecule has 4 nitrogen and oxygen atoms in total. The van der Waals surface area contributed by atoms with Crippen molar-refractivity contribution in [3.63, 3.8) is 0 Å². The Bertz CT molecular complexity index is 188. The second-order valence-corrected chi connectivity index (χ2v) is 3.14. The second-order valence-electron chi connectivity index (χ2n) is 3.14. The van der Waals surface area contributed by atoms with Gasteiger partial charge < -0.3 is 4.74 Å². The molecule has 0 heterocycles. The van der Waals surface area contributed by atoms with E-state index in [0.29, 0.717) is 0 Å². The van der Waals surface area contributed by atoms with Gasteiger partial charge in [-0.1, -0.05) is 0 Å². The number of carbonyl (C=O) groups excluding carboxylic acids is 1. The van der Waals surface area contributed by atoms with Crippen LogP contribution in [0, 0.1) is 11.5 Å². The highest BCUT2D eigenvalue weighted by atomic mass is 16.6. The minimum atomic E-state index is -0.625. The van der Waals surface area contributed by atoms with Crippen LogP contribution < -0.4 is 0 Å². The Morgan fingerprint density at radius 2 is 2.00 bits per heavy atom. The Hall–Kier alpha value is -1.24. The largest absolute Gasteiger partial charge is 0.443 e. The fraction of sp³-hybridized carbons (Fsp3) is 0.714. The topological polar surface area (TPSA) is 53.3 Å². The molecule has 11 heavy (non-hydrogen) atoms. The highest BCUT2D eigenvalue weighted by Gasteiger charge is 2.18. The van der Waals surface area contributed by atoms with Crippen LogP contribution in [0.3, 0.4) is 0 Å². The number of nitrogens with zero attached hydrogens (tertiary/aromatic N) is 2. The average molecular weight is 156 g/mol. The van der Waals surface area contributed by atoms with Crippen molar-refractivity contribution >= 4 is 6.09 Å². The molecule has 0 N–H and O–H groups in total. The van der Waals surface area contributed by atoms with Crippen molar-refractivity contribution in [2.75, 3.05) is 7.05 Å². The third-order valence-electron chi connectivity index (χ3n) is 0.817. The SMILES string of the molecule is CN(C#N)C(=O)OC(C)(C)C. The van der Waals surface area contributed by atoms with Gasteiger partial charge in [-0.25, -0.2) is 9.69 Å². The first-order valence-corrected chi connectivity index (χ1v) is 3.23. The maximum absolute atomic E-state index is 10.9. The molecule has 4 heteroatoms. The lowest BCUT2D eigenvalue weighted by atomic mass is 10.2. The van der Waals surface area contributed by atoms with E-state index in [2.05, 4.69) is 0 Å². The van der Waals surface area contributed by atoms with Gasteiger partial charge in [0.25, 0.3) is 0 Å². The van der Waals surface area contributed by atoms with Gasteiger partial charge in [0, 0.05) is 7.05 Å². The molecular weight excluding hydrogens is 144 g/mol. The lowest BCUT2D eigenvalue weighted by Gasteiger charge is -2.20. The summed E-state index contributed by atoms with van der Waals surface area (Å²) in [5.74, 6) is 0. The smallest absolute Gasteiger partial charge is 0.423 e. The molecule has 0 fully saturated rings. The van der Waals surface area contributed by atoms with Crippen molar-refractivity contribution in [2.24, 2.45) is 0 Å². The molecule has 0 rings (SSSR count). The molecule has 0 aliphatic rings. The third-order valence-corrected chi connectivity index (χ3v) is 0.817. The van der Waals surface area contributed by atoms with E-state index < -0.39 is 11.7 Å². The monoisotopic (exact) mass is 156 g/mol. The highest BCUT2D eigenvalue weighted by molar-refractivity contribution is 5.69. The lowest BCUT2D eigenvalue weighted by molar-refractivity contribution is 0.0384. The molecule has 0 saturated heterocycles. The van der Waals surface area contributed by atoms with Crippen LogP contribution >= 0.6 is 0 Å². The van der Waals surface area contributed by atoms with Crippen molar-refractivity contribution in [2.45, 2.75) is 26.4 Å². The predicted molar refractivity (Wildman–Crippen MR) is 39.6 cm³/mol. The zero-order chi connectivity index (χ0) is 9.07. The van der Waals surface area contributed by atoms with Crippen LogP contribution in [0.4, 0.5) is 4.79 Å². The van der Waals surface area contributed by atoms with Gasteiger partial charge in [-0.3, -0.25) is 0 Å². The van der Waals surface area contributed by atoms with Gasteiger partial charge in [0.05, 0.1) is 0 Å². The fourth-order valence-corrected chi connectivity index (χ4v) is 0.371. The first-order chi connectivity index (χ1) is 4.87. The standard InChI is InChI=1S/C7H12N2O2/c1-7(2,3)11-6(10)9(4)5-8/h1-4H3. The van der Waals surface area contributed by atoms with Crippen molar-refractivity contribution in [3.05, 3.63) is 0 Å².